The number of rotatable bonds is 13. The molecule has 6 rings (SSSR count). The number of aliphatic hydroxyl groups is 1. The highest BCUT2D eigenvalue weighted by Crippen LogP contribution is 2.44. The third kappa shape index (κ3) is 10.8. The molecule has 0 spiro atoms. The Labute approximate surface area is 389 Å². The van der Waals surface area contributed by atoms with Crippen LogP contribution in [0.4, 0.5) is 4.79 Å². The predicted molar refractivity (Wildman–Crippen MR) is 245 cm³/mol. The van der Waals surface area contributed by atoms with E-state index in [4.69, 9.17) is 28.4 Å². The Bertz CT molecular complexity index is 2110. The largest absolute Gasteiger partial charge is 0.458 e. The standard InChI is InChI=1S/C50H71N5O11/c1-12-39-50(8)43(55(48(60)66-50)24-17-16-23-54-28-37(52-29-54)36-21-18-22-51-27-36)32(4)40(56)30(2)26-49(7,61-11)44(33(5)41(57)34(6)45(58)63-39)65-47-42(38(53(9)10)25-31(3)62-47)64-46(59)35-19-14-13-15-20-35/h13-15,18-22,27-34,38-39,41-44,47,57H,12,16-17,23-26H2,1-11H3/t30-,31-,32+,33+,34-,38+,39-,41+,42-,43?,44-,47+,49-,50-/m1/s1. The van der Waals surface area contributed by atoms with Crippen LogP contribution in [-0.4, -0.2) is 141 Å². The van der Waals surface area contributed by atoms with Gasteiger partial charge < -0.3 is 47.9 Å². The van der Waals surface area contributed by atoms with Crippen LogP contribution >= 0.6 is 0 Å². The predicted octanol–water partition coefficient (Wildman–Crippen LogP) is 6.59. The topological polar surface area (TPSA) is 181 Å². The smallest absolute Gasteiger partial charge is 0.410 e. The summed E-state index contributed by atoms with van der Waals surface area (Å²) in [5.74, 6) is -4.73. The molecular formula is C50H71N5O11. The number of unbranched alkanes of at least 4 members (excludes halogenated alkanes) is 1. The van der Waals surface area contributed by atoms with E-state index >= 15 is 0 Å². The van der Waals surface area contributed by atoms with Crippen molar-refractivity contribution in [2.45, 2.75) is 154 Å². The number of carbonyl (C=O) groups excluding carboxylic acids is 4. The molecule has 3 aliphatic heterocycles. The minimum absolute atomic E-state index is 0.127. The zero-order chi connectivity index (χ0) is 48.1. The van der Waals surface area contributed by atoms with Crippen LogP contribution in [0.15, 0.2) is 67.4 Å². The second-order valence-corrected chi connectivity index (χ2v) is 19.3. The number of aryl methyl sites for hydroxylation is 1. The van der Waals surface area contributed by atoms with Crippen molar-refractivity contribution < 1.29 is 52.7 Å². The van der Waals surface area contributed by atoms with Gasteiger partial charge >= 0.3 is 18.0 Å². The van der Waals surface area contributed by atoms with Gasteiger partial charge in [0, 0.05) is 62.1 Å². The van der Waals surface area contributed by atoms with E-state index in [1.54, 1.807) is 75.6 Å². The number of benzene rings is 1. The molecule has 16 nitrogen and oxygen atoms in total. The van der Waals surface area contributed by atoms with Crippen LogP contribution in [0.2, 0.25) is 0 Å². The lowest BCUT2D eigenvalue weighted by atomic mass is 9.73. The molecule has 0 radical (unpaired) electrons. The maximum absolute atomic E-state index is 15.0. The molecule has 1 unspecified atom stereocenters. The number of Topliss-reactive ketones (excluding diaryl/α,β-unsaturated/α-hetero) is 1. The number of fused-ring (bicyclic) bond motifs is 1. The maximum atomic E-state index is 15.0. The van der Waals surface area contributed by atoms with Gasteiger partial charge in [-0.15, -0.1) is 0 Å². The average molecular weight is 918 g/mol. The van der Waals surface area contributed by atoms with Gasteiger partial charge in [-0.3, -0.25) is 14.6 Å². The number of methoxy groups -OCH3 is 1. The molecule has 1 amide bonds. The second-order valence-electron chi connectivity index (χ2n) is 19.3. The van der Waals surface area contributed by atoms with Gasteiger partial charge in [-0.1, -0.05) is 45.9 Å². The molecule has 3 aliphatic rings. The number of hydrogen-bond donors (Lipinski definition) is 1. The first kappa shape index (κ1) is 50.7. The number of esters is 2. The number of likely N-dealkylation sites (N-methyl/N-ethyl adjacent to an activating group) is 1. The fourth-order valence-corrected chi connectivity index (χ4v) is 10.5. The SMILES string of the molecule is CC[C@H]1OC(=O)[C@H](C)[C@@H](O)[C@H](C)[C@@H](O[C@@H]2O[C@H](C)C[C@H](N(C)C)[C@H]2OC(=O)c2ccccc2)[C@](C)(OC)C[C@@H](C)C(=O)[C@H](C)C2N(CCCCn3cnc(-c4cccnc4)c3)C(=O)O[C@@]21C. The van der Waals surface area contributed by atoms with Gasteiger partial charge in [0.25, 0.3) is 0 Å². The van der Waals surface area contributed by atoms with Crippen LogP contribution in [-0.2, 0) is 44.6 Å². The number of cyclic esters (lactones) is 1. The molecule has 0 bridgehead atoms. The van der Waals surface area contributed by atoms with E-state index in [1.165, 1.54) is 7.11 Å². The Morgan fingerprint density at radius 3 is 2.35 bits per heavy atom. The zero-order valence-electron chi connectivity index (χ0n) is 40.5. The quantitative estimate of drug-likeness (QED) is 0.110. The normalized spacial score (nSPS) is 34.6. The molecule has 1 aromatic carbocycles. The minimum Gasteiger partial charge on any atom is -0.458 e. The molecule has 16 heteroatoms. The van der Waals surface area contributed by atoms with E-state index in [2.05, 4.69) is 9.97 Å². The van der Waals surface area contributed by atoms with Crippen LogP contribution < -0.4 is 0 Å². The second kappa shape index (κ2) is 21.5. The van der Waals surface area contributed by atoms with Gasteiger partial charge in [0.2, 0.25) is 0 Å². The molecule has 2 aromatic heterocycles. The van der Waals surface area contributed by atoms with Crippen molar-refractivity contribution >= 4 is 23.8 Å². The number of amides is 1. The molecule has 14 atom stereocenters. The van der Waals surface area contributed by atoms with E-state index in [0.717, 1.165) is 11.3 Å². The van der Waals surface area contributed by atoms with Crippen molar-refractivity contribution in [3.8, 4) is 11.3 Å². The summed E-state index contributed by atoms with van der Waals surface area (Å²) in [6.07, 6.45) is 3.18. The number of pyridine rings is 1. The van der Waals surface area contributed by atoms with E-state index < -0.39 is 89.7 Å². The van der Waals surface area contributed by atoms with E-state index in [1.807, 2.05) is 75.7 Å². The van der Waals surface area contributed by atoms with Gasteiger partial charge in [0.1, 0.15) is 11.9 Å². The van der Waals surface area contributed by atoms with Crippen molar-refractivity contribution in [3.63, 3.8) is 0 Å². The van der Waals surface area contributed by atoms with Crippen molar-refractivity contribution in [1.29, 1.82) is 0 Å². The highest BCUT2D eigenvalue weighted by molar-refractivity contribution is 5.89. The van der Waals surface area contributed by atoms with Crippen molar-refractivity contribution in [2.75, 3.05) is 27.7 Å². The summed E-state index contributed by atoms with van der Waals surface area (Å²) in [7, 11) is 5.32. The number of ketones is 1. The molecule has 5 heterocycles. The Morgan fingerprint density at radius 2 is 1.70 bits per heavy atom. The van der Waals surface area contributed by atoms with E-state index in [-0.39, 0.29) is 30.8 Å². The first-order valence-electron chi connectivity index (χ1n) is 23.5. The molecule has 0 saturated carbocycles. The molecule has 1 N–H and O–H groups in total. The van der Waals surface area contributed by atoms with Gasteiger partial charge in [0.15, 0.2) is 18.0 Å². The molecule has 3 aromatic rings. The Hall–Kier alpha value is -4.74. The van der Waals surface area contributed by atoms with Gasteiger partial charge in [-0.25, -0.2) is 14.6 Å². The first-order chi connectivity index (χ1) is 31.3. The van der Waals surface area contributed by atoms with Crippen molar-refractivity contribution in [1.82, 2.24) is 24.3 Å². The number of nitrogens with zero attached hydrogens (tertiary/aromatic N) is 5. The highest BCUT2D eigenvalue weighted by atomic mass is 16.7. The number of imidazole rings is 1. The lowest BCUT2D eigenvalue weighted by Gasteiger charge is -2.48. The summed E-state index contributed by atoms with van der Waals surface area (Å²) >= 11 is 0. The molecular weight excluding hydrogens is 847 g/mol. The zero-order valence-corrected chi connectivity index (χ0v) is 40.5. The van der Waals surface area contributed by atoms with Crippen molar-refractivity contribution in [3.05, 3.63) is 72.9 Å². The number of ether oxygens (including phenoxy) is 6. The maximum Gasteiger partial charge on any atom is 0.410 e. The van der Waals surface area contributed by atoms with Crippen LogP contribution in [0.5, 0.6) is 0 Å². The first-order valence-corrected chi connectivity index (χ1v) is 23.5. The third-order valence-electron chi connectivity index (χ3n) is 14.3. The number of hydrogen-bond acceptors (Lipinski definition) is 14. The van der Waals surface area contributed by atoms with Crippen LogP contribution in [0.3, 0.4) is 0 Å². The molecule has 66 heavy (non-hydrogen) atoms. The van der Waals surface area contributed by atoms with Gasteiger partial charge in [0.05, 0.1) is 59.5 Å². The van der Waals surface area contributed by atoms with Crippen molar-refractivity contribution in [2.24, 2.45) is 23.7 Å². The summed E-state index contributed by atoms with van der Waals surface area (Å²) < 4.78 is 40.5. The monoisotopic (exact) mass is 918 g/mol. The molecule has 3 fully saturated rings. The Morgan fingerprint density at radius 1 is 0.985 bits per heavy atom. The summed E-state index contributed by atoms with van der Waals surface area (Å²) in [5, 5.41) is 12.2. The minimum atomic E-state index is -1.40. The number of aliphatic hydroxyl groups excluding tert-OH is 1. The molecule has 362 valence electrons. The molecule has 3 saturated heterocycles. The highest BCUT2D eigenvalue weighted by Gasteiger charge is 2.60. The number of aromatic nitrogens is 3. The van der Waals surface area contributed by atoms with Crippen LogP contribution in [0.1, 0.15) is 97.9 Å². The fraction of sp³-hybridized carbons (Fsp3) is 0.640. The summed E-state index contributed by atoms with van der Waals surface area (Å²) in [6.45, 7) is 15.2. The summed E-state index contributed by atoms with van der Waals surface area (Å²) in [4.78, 5) is 69.2. The van der Waals surface area contributed by atoms with Gasteiger partial charge in [-0.2, -0.15) is 0 Å². The lowest BCUT2D eigenvalue weighted by molar-refractivity contribution is -0.300. The van der Waals surface area contributed by atoms with E-state index in [0.29, 0.717) is 37.9 Å². The molecule has 0 aliphatic carbocycles. The Kier molecular flexibility index (Phi) is 16.5. The van der Waals surface area contributed by atoms with E-state index in [9.17, 15) is 24.3 Å². The Balaban J connectivity index is 1.30. The third-order valence-corrected chi connectivity index (χ3v) is 14.3. The van der Waals surface area contributed by atoms with Crippen LogP contribution in [0, 0.1) is 23.7 Å². The summed E-state index contributed by atoms with van der Waals surface area (Å²) in [5.41, 5.74) is -0.595. The number of carbonyl (C=O) groups is 4. The van der Waals surface area contributed by atoms with Crippen LogP contribution in [0.25, 0.3) is 11.3 Å². The fourth-order valence-electron chi connectivity index (χ4n) is 10.5. The van der Waals surface area contributed by atoms with Gasteiger partial charge in [-0.05, 0) is 98.2 Å². The lowest BCUT2D eigenvalue weighted by Crippen LogP contribution is -2.61. The average Bonchev–Trinajstić information content (AvgIpc) is 3.89. The summed E-state index contributed by atoms with van der Waals surface area (Å²) in [6, 6.07) is 11.4.